The standard InChI is InChI=1S/C12H14N6O2S/c1-2-3-6-18-10(13-16-17-18)8-21-12-15-14-11(20-12)9-5-4-7-19-9/h4-5,7H,2-3,6,8H2,1H3. The van der Waals surface area contributed by atoms with Gasteiger partial charge in [-0.2, -0.15) is 0 Å². The molecular weight excluding hydrogens is 292 g/mol. The van der Waals surface area contributed by atoms with Crippen LogP contribution in [0, 0.1) is 0 Å². The van der Waals surface area contributed by atoms with E-state index in [9.17, 15) is 0 Å². The van der Waals surface area contributed by atoms with Gasteiger partial charge in [0.15, 0.2) is 11.6 Å². The van der Waals surface area contributed by atoms with E-state index in [1.165, 1.54) is 11.8 Å². The van der Waals surface area contributed by atoms with Crippen molar-refractivity contribution in [2.45, 2.75) is 37.3 Å². The Morgan fingerprint density at radius 3 is 3.05 bits per heavy atom. The van der Waals surface area contributed by atoms with Gasteiger partial charge in [0, 0.05) is 6.54 Å². The first-order valence-electron chi connectivity index (χ1n) is 6.62. The maximum absolute atomic E-state index is 5.52. The lowest BCUT2D eigenvalue weighted by Crippen LogP contribution is -2.04. The number of aromatic nitrogens is 6. The monoisotopic (exact) mass is 306 g/mol. The van der Waals surface area contributed by atoms with Crippen LogP contribution in [0.15, 0.2) is 32.5 Å². The second kappa shape index (κ2) is 6.53. The molecule has 0 aliphatic carbocycles. The minimum Gasteiger partial charge on any atom is -0.459 e. The number of nitrogens with zero attached hydrogens (tertiary/aromatic N) is 6. The molecule has 9 heteroatoms. The Morgan fingerprint density at radius 1 is 1.29 bits per heavy atom. The normalized spacial score (nSPS) is 11.1. The van der Waals surface area contributed by atoms with E-state index in [4.69, 9.17) is 8.83 Å². The minimum absolute atomic E-state index is 0.369. The summed E-state index contributed by atoms with van der Waals surface area (Å²) in [5.74, 6) is 2.30. The first kappa shape index (κ1) is 13.8. The third-order valence-electron chi connectivity index (χ3n) is 2.79. The summed E-state index contributed by atoms with van der Waals surface area (Å²) in [6.07, 6.45) is 3.71. The fourth-order valence-corrected chi connectivity index (χ4v) is 2.40. The van der Waals surface area contributed by atoms with Crippen molar-refractivity contribution in [3.8, 4) is 11.7 Å². The summed E-state index contributed by atoms with van der Waals surface area (Å²) in [4.78, 5) is 0. The third kappa shape index (κ3) is 3.30. The summed E-state index contributed by atoms with van der Waals surface area (Å²) in [6, 6.07) is 3.54. The summed E-state index contributed by atoms with van der Waals surface area (Å²) in [5.41, 5.74) is 0. The van der Waals surface area contributed by atoms with Crippen molar-refractivity contribution in [3.63, 3.8) is 0 Å². The quantitative estimate of drug-likeness (QED) is 0.614. The predicted molar refractivity (Wildman–Crippen MR) is 74.3 cm³/mol. The first-order chi connectivity index (χ1) is 10.4. The van der Waals surface area contributed by atoms with Gasteiger partial charge in [-0.3, -0.25) is 0 Å². The van der Waals surface area contributed by atoms with Crippen LogP contribution in [-0.2, 0) is 12.3 Å². The van der Waals surface area contributed by atoms with Crippen molar-refractivity contribution in [1.82, 2.24) is 30.4 Å². The molecule has 110 valence electrons. The zero-order valence-corrected chi connectivity index (χ0v) is 12.3. The Hall–Kier alpha value is -2.16. The summed E-state index contributed by atoms with van der Waals surface area (Å²) < 4.78 is 12.5. The van der Waals surface area contributed by atoms with E-state index in [1.54, 1.807) is 23.1 Å². The molecule has 21 heavy (non-hydrogen) atoms. The number of thioether (sulfide) groups is 1. The van der Waals surface area contributed by atoms with Gasteiger partial charge in [-0.05, 0) is 29.0 Å². The molecule has 0 aromatic carbocycles. The van der Waals surface area contributed by atoms with Crippen LogP contribution < -0.4 is 0 Å². The van der Waals surface area contributed by atoms with E-state index in [0.717, 1.165) is 25.2 Å². The first-order valence-corrected chi connectivity index (χ1v) is 7.60. The van der Waals surface area contributed by atoms with Gasteiger partial charge in [-0.25, -0.2) is 4.68 Å². The van der Waals surface area contributed by atoms with E-state index < -0.39 is 0 Å². The molecule has 0 N–H and O–H groups in total. The summed E-state index contributed by atoms with van der Waals surface area (Å²) >= 11 is 1.40. The topological polar surface area (TPSA) is 95.7 Å². The molecule has 8 nitrogen and oxygen atoms in total. The lowest BCUT2D eigenvalue weighted by Gasteiger charge is -2.01. The molecule has 0 unspecified atom stereocenters. The zero-order valence-electron chi connectivity index (χ0n) is 11.5. The Balaban J connectivity index is 1.62. The van der Waals surface area contributed by atoms with Gasteiger partial charge in [0.05, 0.1) is 12.0 Å². The molecule has 0 atom stereocenters. The van der Waals surface area contributed by atoms with Gasteiger partial charge in [-0.15, -0.1) is 15.3 Å². The van der Waals surface area contributed by atoms with Crippen LogP contribution in [0.5, 0.6) is 0 Å². The molecule has 0 amide bonds. The zero-order chi connectivity index (χ0) is 14.5. The van der Waals surface area contributed by atoms with Crippen molar-refractivity contribution >= 4 is 11.8 Å². The van der Waals surface area contributed by atoms with Crippen molar-refractivity contribution in [3.05, 3.63) is 24.2 Å². The smallest absolute Gasteiger partial charge is 0.284 e. The Kier molecular flexibility index (Phi) is 4.29. The van der Waals surface area contributed by atoms with E-state index in [2.05, 4.69) is 32.6 Å². The van der Waals surface area contributed by atoms with Crippen LogP contribution in [0.4, 0.5) is 0 Å². The SMILES string of the molecule is CCCCn1nnnc1CSc1nnc(-c2ccco2)o1. The van der Waals surface area contributed by atoms with Crippen LogP contribution in [0.2, 0.25) is 0 Å². The second-order valence-corrected chi connectivity index (χ2v) is 5.24. The highest BCUT2D eigenvalue weighted by atomic mass is 32.2. The van der Waals surface area contributed by atoms with Gasteiger partial charge in [0.2, 0.25) is 0 Å². The highest BCUT2D eigenvalue weighted by molar-refractivity contribution is 7.98. The molecule has 3 aromatic heterocycles. The van der Waals surface area contributed by atoms with Crippen molar-refractivity contribution in [1.29, 1.82) is 0 Å². The molecule has 0 radical (unpaired) electrons. The summed E-state index contributed by atoms with van der Waals surface area (Å²) in [5, 5.41) is 20.1. The average molecular weight is 306 g/mol. The van der Waals surface area contributed by atoms with Crippen LogP contribution in [0.25, 0.3) is 11.7 Å². The van der Waals surface area contributed by atoms with E-state index in [1.807, 2.05) is 0 Å². The van der Waals surface area contributed by atoms with Crippen LogP contribution in [-0.4, -0.2) is 30.4 Å². The number of tetrazole rings is 1. The molecule has 0 aliphatic heterocycles. The summed E-state index contributed by atoms with van der Waals surface area (Å²) in [6.45, 7) is 2.95. The average Bonchev–Trinajstić information content (AvgIpc) is 3.22. The van der Waals surface area contributed by atoms with Gasteiger partial charge < -0.3 is 8.83 Å². The molecule has 0 saturated carbocycles. The van der Waals surface area contributed by atoms with E-state index in [-0.39, 0.29) is 0 Å². The third-order valence-corrected chi connectivity index (χ3v) is 3.61. The van der Waals surface area contributed by atoms with Crippen LogP contribution in [0.1, 0.15) is 25.6 Å². The van der Waals surface area contributed by atoms with Gasteiger partial charge in [0.25, 0.3) is 11.1 Å². The van der Waals surface area contributed by atoms with Crippen molar-refractivity contribution in [2.75, 3.05) is 0 Å². The number of rotatable bonds is 7. The molecular formula is C12H14N6O2S. The van der Waals surface area contributed by atoms with Crippen molar-refractivity contribution in [2.24, 2.45) is 0 Å². The highest BCUT2D eigenvalue weighted by Crippen LogP contribution is 2.25. The molecule has 0 spiro atoms. The Labute approximate surface area is 124 Å². The fourth-order valence-electron chi connectivity index (χ4n) is 1.70. The predicted octanol–water partition coefficient (Wildman–Crippen LogP) is 2.41. The highest BCUT2D eigenvalue weighted by Gasteiger charge is 2.13. The van der Waals surface area contributed by atoms with Gasteiger partial charge in [0.1, 0.15) is 0 Å². The number of furan rings is 1. The molecule has 3 aromatic rings. The molecule has 0 saturated heterocycles. The Morgan fingerprint density at radius 2 is 2.24 bits per heavy atom. The van der Waals surface area contributed by atoms with Crippen LogP contribution >= 0.6 is 11.8 Å². The van der Waals surface area contributed by atoms with Crippen molar-refractivity contribution < 1.29 is 8.83 Å². The molecule has 0 bridgehead atoms. The minimum atomic E-state index is 0.369. The molecule has 0 aliphatic rings. The largest absolute Gasteiger partial charge is 0.459 e. The fraction of sp³-hybridized carbons (Fsp3) is 0.417. The van der Waals surface area contributed by atoms with E-state index in [0.29, 0.717) is 22.6 Å². The number of unbranched alkanes of at least 4 members (excludes halogenated alkanes) is 1. The maximum atomic E-state index is 5.52. The second-order valence-electron chi connectivity index (χ2n) is 4.31. The lowest BCUT2D eigenvalue weighted by atomic mass is 10.3. The van der Waals surface area contributed by atoms with Crippen LogP contribution in [0.3, 0.4) is 0 Å². The number of hydrogen-bond donors (Lipinski definition) is 0. The van der Waals surface area contributed by atoms with Gasteiger partial charge >= 0.3 is 0 Å². The Bertz CT molecular complexity index is 678. The van der Waals surface area contributed by atoms with E-state index >= 15 is 0 Å². The number of aryl methyl sites for hydroxylation is 1. The molecule has 3 heterocycles. The molecule has 3 rings (SSSR count). The molecule has 0 fully saturated rings. The summed E-state index contributed by atoms with van der Waals surface area (Å²) in [7, 11) is 0. The number of hydrogen-bond acceptors (Lipinski definition) is 8. The lowest BCUT2D eigenvalue weighted by molar-refractivity contribution is 0.447. The maximum Gasteiger partial charge on any atom is 0.284 e. The van der Waals surface area contributed by atoms with Gasteiger partial charge in [-0.1, -0.05) is 25.1 Å².